The maximum absolute atomic E-state index is 5.38. The third kappa shape index (κ3) is 2.48. The maximum atomic E-state index is 5.38. The van der Waals surface area contributed by atoms with Crippen molar-refractivity contribution in [1.82, 2.24) is 0 Å². The van der Waals surface area contributed by atoms with E-state index < -0.39 is 0 Å². The Labute approximate surface area is 103 Å². The van der Waals surface area contributed by atoms with E-state index in [0.717, 1.165) is 17.2 Å². The highest BCUT2D eigenvalue weighted by atomic mass is 16.5. The topological polar surface area (TPSA) is 30.5 Å². The van der Waals surface area contributed by atoms with Crippen LogP contribution in [0.2, 0.25) is 0 Å². The van der Waals surface area contributed by atoms with Crippen LogP contribution in [-0.4, -0.2) is 20.3 Å². The van der Waals surface area contributed by atoms with E-state index in [0.29, 0.717) is 11.5 Å². The minimum absolute atomic E-state index is 0.449. The Morgan fingerprint density at radius 2 is 1.94 bits per heavy atom. The van der Waals surface area contributed by atoms with Crippen LogP contribution in [0.4, 0.5) is 5.69 Å². The van der Waals surface area contributed by atoms with E-state index in [1.54, 1.807) is 14.2 Å². The molecule has 0 amide bonds. The molecule has 0 radical (unpaired) electrons. The molecular weight excluding hydrogens is 214 g/mol. The van der Waals surface area contributed by atoms with Gasteiger partial charge in [0.25, 0.3) is 0 Å². The van der Waals surface area contributed by atoms with E-state index in [-0.39, 0.29) is 0 Å². The van der Waals surface area contributed by atoms with E-state index in [4.69, 9.17) is 9.47 Å². The number of benzene rings is 1. The van der Waals surface area contributed by atoms with Gasteiger partial charge in [-0.1, -0.05) is 6.92 Å². The van der Waals surface area contributed by atoms with E-state index in [9.17, 15) is 0 Å². The molecule has 1 aliphatic rings. The lowest BCUT2D eigenvalue weighted by molar-refractivity contribution is 0.394. The summed E-state index contributed by atoms with van der Waals surface area (Å²) in [5.74, 6) is 1.65. The Morgan fingerprint density at radius 3 is 2.47 bits per heavy atom. The molecule has 0 spiro atoms. The van der Waals surface area contributed by atoms with Crippen molar-refractivity contribution >= 4 is 5.69 Å². The first-order valence-corrected chi connectivity index (χ1v) is 6.07. The summed E-state index contributed by atoms with van der Waals surface area (Å²) in [6, 6.07) is 6.33. The van der Waals surface area contributed by atoms with Crippen molar-refractivity contribution in [3.8, 4) is 11.5 Å². The van der Waals surface area contributed by atoms with Crippen molar-refractivity contribution in [3.63, 3.8) is 0 Å². The molecule has 1 aromatic carbocycles. The van der Waals surface area contributed by atoms with Gasteiger partial charge in [-0.05, 0) is 37.3 Å². The molecule has 17 heavy (non-hydrogen) atoms. The van der Waals surface area contributed by atoms with Gasteiger partial charge < -0.3 is 14.8 Å². The molecule has 1 fully saturated rings. The average molecular weight is 235 g/mol. The zero-order valence-corrected chi connectivity index (χ0v) is 11.0. The van der Waals surface area contributed by atoms with Gasteiger partial charge in [0.05, 0.1) is 19.9 Å². The SMILES string of the molecule is COc1ccc(NC(C)C2(C)CC2)c(OC)c1. The fraction of sp³-hybridized carbons (Fsp3) is 0.571. The van der Waals surface area contributed by atoms with Crippen molar-refractivity contribution < 1.29 is 9.47 Å². The van der Waals surface area contributed by atoms with Gasteiger partial charge in [-0.2, -0.15) is 0 Å². The first-order chi connectivity index (χ1) is 8.09. The van der Waals surface area contributed by atoms with Gasteiger partial charge in [-0.15, -0.1) is 0 Å². The Balaban J connectivity index is 2.14. The highest BCUT2D eigenvalue weighted by molar-refractivity contribution is 5.59. The molecule has 3 heteroatoms. The molecule has 0 heterocycles. The van der Waals surface area contributed by atoms with Crippen LogP contribution >= 0.6 is 0 Å². The summed E-state index contributed by atoms with van der Waals surface area (Å²) < 4.78 is 10.6. The second-order valence-electron chi connectivity index (χ2n) is 5.09. The summed E-state index contributed by atoms with van der Waals surface area (Å²) >= 11 is 0. The van der Waals surface area contributed by atoms with Crippen LogP contribution in [0.25, 0.3) is 0 Å². The standard InChI is InChI=1S/C14H21NO2/c1-10(14(2)7-8-14)15-12-6-5-11(16-3)9-13(12)17-4/h5-6,9-10,15H,7-8H2,1-4H3. The molecule has 3 nitrogen and oxygen atoms in total. The average Bonchev–Trinajstić information content (AvgIpc) is 3.09. The van der Waals surface area contributed by atoms with E-state index in [1.165, 1.54) is 12.8 Å². The molecule has 0 aliphatic heterocycles. The lowest BCUT2D eigenvalue weighted by Gasteiger charge is -2.23. The quantitative estimate of drug-likeness (QED) is 0.849. The second-order valence-corrected chi connectivity index (χ2v) is 5.09. The molecule has 1 saturated carbocycles. The Bertz CT molecular complexity index is 399. The summed E-state index contributed by atoms with van der Waals surface area (Å²) in [4.78, 5) is 0. The number of hydrogen-bond acceptors (Lipinski definition) is 3. The van der Waals surface area contributed by atoms with E-state index in [2.05, 4.69) is 19.2 Å². The summed E-state index contributed by atoms with van der Waals surface area (Å²) in [6.07, 6.45) is 2.61. The van der Waals surface area contributed by atoms with Crippen LogP contribution in [0, 0.1) is 5.41 Å². The summed E-state index contributed by atoms with van der Waals surface area (Å²) in [5, 5.41) is 3.53. The number of ether oxygens (including phenoxy) is 2. The maximum Gasteiger partial charge on any atom is 0.145 e. The smallest absolute Gasteiger partial charge is 0.145 e. The zero-order chi connectivity index (χ0) is 12.5. The molecule has 1 unspecified atom stereocenters. The van der Waals surface area contributed by atoms with Gasteiger partial charge in [-0.3, -0.25) is 0 Å². The summed E-state index contributed by atoms with van der Waals surface area (Å²) in [7, 11) is 3.35. The molecule has 0 saturated heterocycles. The fourth-order valence-corrected chi connectivity index (χ4v) is 1.96. The Hall–Kier alpha value is -1.38. The van der Waals surface area contributed by atoms with E-state index in [1.807, 2.05) is 18.2 Å². The summed E-state index contributed by atoms with van der Waals surface area (Å²) in [5.41, 5.74) is 1.49. The van der Waals surface area contributed by atoms with Crippen molar-refractivity contribution in [3.05, 3.63) is 18.2 Å². The number of nitrogens with one attached hydrogen (secondary N) is 1. The minimum atomic E-state index is 0.449. The zero-order valence-electron chi connectivity index (χ0n) is 11.0. The normalized spacial score (nSPS) is 18.4. The van der Waals surface area contributed by atoms with Gasteiger partial charge in [0.2, 0.25) is 0 Å². The van der Waals surface area contributed by atoms with Crippen LogP contribution in [0.15, 0.2) is 18.2 Å². The highest BCUT2D eigenvalue weighted by Gasteiger charge is 2.42. The molecule has 1 aliphatic carbocycles. The van der Waals surface area contributed by atoms with Gasteiger partial charge >= 0.3 is 0 Å². The van der Waals surface area contributed by atoms with Crippen molar-refractivity contribution in [1.29, 1.82) is 0 Å². The molecule has 1 atom stereocenters. The van der Waals surface area contributed by atoms with Crippen molar-refractivity contribution in [2.75, 3.05) is 19.5 Å². The van der Waals surface area contributed by atoms with Crippen molar-refractivity contribution in [2.24, 2.45) is 5.41 Å². The molecule has 94 valence electrons. The van der Waals surface area contributed by atoms with Crippen LogP contribution in [0.5, 0.6) is 11.5 Å². The number of hydrogen-bond donors (Lipinski definition) is 1. The predicted molar refractivity (Wildman–Crippen MR) is 70.0 cm³/mol. The second kappa shape index (κ2) is 4.47. The van der Waals surface area contributed by atoms with Crippen molar-refractivity contribution in [2.45, 2.75) is 32.7 Å². The van der Waals surface area contributed by atoms with Crippen LogP contribution in [-0.2, 0) is 0 Å². The fourth-order valence-electron chi connectivity index (χ4n) is 1.96. The van der Waals surface area contributed by atoms with Gasteiger partial charge in [0.15, 0.2) is 0 Å². The largest absolute Gasteiger partial charge is 0.497 e. The van der Waals surface area contributed by atoms with Crippen LogP contribution in [0.1, 0.15) is 26.7 Å². The van der Waals surface area contributed by atoms with Crippen LogP contribution < -0.4 is 14.8 Å². The molecule has 1 N–H and O–H groups in total. The first-order valence-electron chi connectivity index (χ1n) is 6.07. The van der Waals surface area contributed by atoms with Gasteiger partial charge in [0.1, 0.15) is 11.5 Å². The molecular formula is C14H21NO2. The Morgan fingerprint density at radius 1 is 1.24 bits per heavy atom. The molecule has 0 bridgehead atoms. The Kier molecular flexibility index (Phi) is 3.18. The minimum Gasteiger partial charge on any atom is -0.497 e. The molecule has 1 aromatic rings. The van der Waals surface area contributed by atoms with Crippen LogP contribution in [0.3, 0.4) is 0 Å². The van der Waals surface area contributed by atoms with Gasteiger partial charge in [0, 0.05) is 12.1 Å². The molecule has 0 aromatic heterocycles. The lowest BCUT2D eigenvalue weighted by atomic mass is 10.0. The number of rotatable bonds is 5. The third-order valence-electron chi connectivity index (χ3n) is 3.86. The number of methoxy groups -OCH3 is 2. The lowest BCUT2D eigenvalue weighted by Crippen LogP contribution is -2.25. The predicted octanol–water partition coefficient (Wildman–Crippen LogP) is 3.30. The third-order valence-corrected chi connectivity index (χ3v) is 3.86. The molecule has 2 rings (SSSR count). The monoisotopic (exact) mass is 235 g/mol. The summed E-state index contributed by atoms with van der Waals surface area (Å²) in [6.45, 7) is 4.55. The number of anilines is 1. The van der Waals surface area contributed by atoms with Gasteiger partial charge in [-0.25, -0.2) is 0 Å². The highest BCUT2D eigenvalue weighted by Crippen LogP contribution is 2.49. The van der Waals surface area contributed by atoms with E-state index >= 15 is 0 Å². The first kappa shape index (κ1) is 12.1.